The number of carbonyl (C=O) groups is 1. The van der Waals surface area contributed by atoms with Gasteiger partial charge in [0.25, 0.3) is 5.91 Å². The molecule has 35 heavy (non-hydrogen) atoms. The lowest BCUT2D eigenvalue weighted by atomic mass is 9.72. The molecular weight excluding hydrogens is 466 g/mol. The van der Waals surface area contributed by atoms with Gasteiger partial charge < -0.3 is 9.64 Å². The standard InChI is InChI=1S/C24H21F4N5O2/c25-18-3-1-2-17(22(18)19-9-29-6-7-31-19)23(34)33-12-14-4-5-16(33)8-15(14)13-35-21-11-30-10-20(32-21)24(26,27)28/h1-3,6-7,9-11,14-16H,4-5,8,12-13H2. The Bertz CT molecular complexity index is 1220. The Balaban J connectivity index is 1.30. The molecule has 2 aromatic heterocycles. The third kappa shape index (κ3) is 4.67. The van der Waals surface area contributed by atoms with Crippen molar-refractivity contribution >= 4 is 5.91 Å². The Morgan fingerprint density at radius 1 is 1.11 bits per heavy atom. The maximum atomic E-state index is 14.7. The average molecular weight is 487 g/mol. The van der Waals surface area contributed by atoms with Gasteiger partial charge >= 0.3 is 6.18 Å². The summed E-state index contributed by atoms with van der Waals surface area (Å²) >= 11 is 0. The summed E-state index contributed by atoms with van der Waals surface area (Å²) in [5, 5.41) is 0. The molecule has 0 radical (unpaired) electrons. The minimum Gasteiger partial charge on any atom is -0.476 e. The predicted octanol–water partition coefficient (Wildman–Crippen LogP) is 4.41. The minimum atomic E-state index is -4.60. The van der Waals surface area contributed by atoms with Crippen LogP contribution in [-0.2, 0) is 6.18 Å². The number of nitrogens with zero attached hydrogens (tertiary/aromatic N) is 5. The SMILES string of the molecule is O=C(c1cccc(F)c1-c1cnccn1)N1CC2CCC1CC2COc1cncc(C(F)(F)F)n1. The molecule has 182 valence electrons. The topological polar surface area (TPSA) is 81.1 Å². The Morgan fingerprint density at radius 3 is 2.69 bits per heavy atom. The van der Waals surface area contributed by atoms with Crippen molar-refractivity contribution in [1.29, 1.82) is 0 Å². The van der Waals surface area contributed by atoms with E-state index in [-0.39, 0.29) is 53.1 Å². The van der Waals surface area contributed by atoms with E-state index in [0.717, 1.165) is 19.0 Å². The fourth-order valence-electron chi connectivity index (χ4n) is 4.97. The van der Waals surface area contributed by atoms with Crippen molar-refractivity contribution in [3.63, 3.8) is 0 Å². The lowest BCUT2D eigenvalue weighted by Gasteiger charge is -2.49. The summed E-state index contributed by atoms with van der Waals surface area (Å²) in [6.45, 7) is 0.645. The number of rotatable bonds is 5. The van der Waals surface area contributed by atoms with Crippen molar-refractivity contribution < 1.29 is 27.1 Å². The number of fused-ring (bicyclic) bond motifs is 3. The first kappa shape index (κ1) is 23.1. The lowest BCUT2D eigenvalue weighted by molar-refractivity contribution is -0.141. The molecule has 3 atom stereocenters. The minimum absolute atomic E-state index is 0.0566. The highest BCUT2D eigenvalue weighted by Gasteiger charge is 2.43. The maximum absolute atomic E-state index is 14.7. The van der Waals surface area contributed by atoms with E-state index in [1.807, 2.05) is 0 Å². The van der Waals surface area contributed by atoms with Crippen LogP contribution >= 0.6 is 0 Å². The van der Waals surface area contributed by atoms with Crippen molar-refractivity contribution in [3.8, 4) is 17.1 Å². The van der Waals surface area contributed by atoms with Gasteiger partial charge in [-0.15, -0.1) is 0 Å². The van der Waals surface area contributed by atoms with Crippen LogP contribution in [0.15, 0.2) is 49.2 Å². The molecule has 2 aliphatic heterocycles. The zero-order valence-electron chi connectivity index (χ0n) is 18.5. The van der Waals surface area contributed by atoms with Crippen LogP contribution in [0.3, 0.4) is 0 Å². The molecule has 0 N–H and O–H groups in total. The smallest absolute Gasteiger partial charge is 0.435 e. The quantitative estimate of drug-likeness (QED) is 0.496. The second-order valence-corrected chi connectivity index (χ2v) is 8.75. The van der Waals surface area contributed by atoms with Crippen LogP contribution in [0.25, 0.3) is 11.3 Å². The molecule has 0 spiro atoms. The highest BCUT2D eigenvalue weighted by Crippen LogP contribution is 2.41. The molecule has 3 aromatic rings. The highest BCUT2D eigenvalue weighted by molar-refractivity contribution is 6.00. The summed E-state index contributed by atoms with van der Waals surface area (Å²) in [4.78, 5) is 30.5. The Kier molecular flexibility index (Phi) is 6.08. The van der Waals surface area contributed by atoms with Crippen molar-refractivity contribution in [1.82, 2.24) is 24.8 Å². The zero-order valence-corrected chi connectivity index (χ0v) is 18.5. The number of piperidine rings is 2. The molecule has 3 aliphatic rings. The van der Waals surface area contributed by atoms with Crippen molar-refractivity contribution in [2.75, 3.05) is 13.2 Å². The fourth-order valence-corrected chi connectivity index (χ4v) is 4.97. The fraction of sp³-hybridized carbons (Fsp3) is 0.375. The van der Waals surface area contributed by atoms with Crippen LogP contribution in [0.2, 0.25) is 0 Å². The maximum Gasteiger partial charge on any atom is 0.435 e. The average Bonchev–Trinajstić information content (AvgIpc) is 2.87. The van der Waals surface area contributed by atoms with Gasteiger partial charge in [0.05, 0.1) is 42.0 Å². The van der Waals surface area contributed by atoms with Gasteiger partial charge in [-0.1, -0.05) is 6.07 Å². The Morgan fingerprint density at radius 2 is 1.97 bits per heavy atom. The monoisotopic (exact) mass is 487 g/mol. The van der Waals surface area contributed by atoms with E-state index in [1.54, 1.807) is 11.0 Å². The van der Waals surface area contributed by atoms with Gasteiger partial charge in [0.15, 0.2) is 5.69 Å². The summed E-state index contributed by atoms with van der Waals surface area (Å²) in [6.07, 6.45) is 3.85. The van der Waals surface area contributed by atoms with E-state index in [0.29, 0.717) is 19.2 Å². The van der Waals surface area contributed by atoms with E-state index in [1.165, 1.54) is 30.7 Å². The second kappa shape index (κ2) is 9.20. The molecule has 2 bridgehead atoms. The van der Waals surface area contributed by atoms with Crippen molar-refractivity contribution in [3.05, 3.63) is 66.3 Å². The molecule has 1 saturated carbocycles. The van der Waals surface area contributed by atoms with E-state index in [4.69, 9.17) is 4.74 Å². The van der Waals surface area contributed by atoms with E-state index in [9.17, 15) is 22.4 Å². The molecule has 2 saturated heterocycles. The Labute approximate surface area is 198 Å². The molecule has 4 heterocycles. The van der Waals surface area contributed by atoms with Crippen molar-refractivity contribution in [2.45, 2.75) is 31.5 Å². The van der Waals surface area contributed by atoms with Crippen molar-refractivity contribution in [2.24, 2.45) is 11.8 Å². The zero-order chi connectivity index (χ0) is 24.6. The van der Waals surface area contributed by atoms with Gasteiger partial charge in [0.1, 0.15) is 5.82 Å². The van der Waals surface area contributed by atoms with Crippen LogP contribution in [0.4, 0.5) is 17.6 Å². The van der Waals surface area contributed by atoms with Gasteiger partial charge in [0.2, 0.25) is 5.88 Å². The molecule has 11 heteroatoms. The van der Waals surface area contributed by atoms with Gasteiger partial charge in [-0.2, -0.15) is 13.2 Å². The Hall–Kier alpha value is -3.63. The number of aromatic nitrogens is 4. The second-order valence-electron chi connectivity index (χ2n) is 8.75. The first-order valence-corrected chi connectivity index (χ1v) is 11.2. The number of hydrogen-bond donors (Lipinski definition) is 0. The number of ether oxygens (including phenoxy) is 1. The number of benzene rings is 1. The third-order valence-electron chi connectivity index (χ3n) is 6.66. The van der Waals surface area contributed by atoms with E-state index >= 15 is 0 Å². The molecule has 7 nitrogen and oxygen atoms in total. The van der Waals surface area contributed by atoms with Crippen LogP contribution in [0.1, 0.15) is 35.3 Å². The lowest BCUT2D eigenvalue weighted by Crippen LogP contribution is -2.55. The molecule has 1 amide bonds. The molecule has 1 aliphatic carbocycles. The molecule has 6 rings (SSSR count). The number of alkyl halides is 3. The van der Waals surface area contributed by atoms with Crippen LogP contribution in [0, 0.1) is 17.7 Å². The van der Waals surface area contributed by atoms with E-state index in [2.05, 4.69) is 19.9 Å². The van der Waals surface area contributed by atoms with Crippen LogP contribution < -0.4 is 4.74 Å². The summed E-state index contributed by atoms with van der Waals surface area (Å²) in [7, 11) is 0. The first-order chi connectivity index (χ1) is 16.8. The molecule has 1 aromatic carbocycles. The summed E-state index contributed by atoms with van der Waals surface area (Å²) < 4.78 is 58.9. The molecular formula is C24H21F4N5O2. The van der Waals surface area contributed by atoms with E-state index < -0.39 is 17.7 Å². The van der Waals surface area contributed by atoms with Gasteiger partial charge in [0, 0.05) is 25.0 Å². The highest BCUT2D eigenvalue weighted by atomic mass is 19.4. The van der Waals surface area contributed by atoms with Gasteiger partial charge in [-0.3, -0.25) is 19.7 Å². The van der Waals surface area contributed by atoms with Crippen LogP contribution in [-0.4, -0.2) is 49.9 Å². The van der Waals surface area contributed by atoms with Gasteiger partial charge in [-0.05, 0) is 43.2 Å². The van der Waals surface area contributed by atoms with Crippen LogP contribution in [0.5, 0.6) is 5.88 Å². The largest absolute Gasteiger partial charge is 0.476 e. The summed E-state index contributed by atoms with van der Waals surface area (Å²) in [5.74, 6) is -0.838. The number of carbonyl (C=O) groups excluding carboxylic acids is 1. The summed E-state index contributed by atoms with van der Waals surface area (Å²) in [6, 6.07) is 4.29. The number of halogens is 4. The normalized spacial score (nSPS) is 21.7. The summed E-state index contributed by atoms with van der Waals surface area (Å²) in [5.41, 5.74) is -0.476. The molecule has 3 fully saturated rings. The third-order valence-corrected chi connectivity index (χ3v) is 6.66. The van der Waals surface area contributed by atoms with Gasteiger partial charge in [-0.25, -0.2) is 9.37 Å². The number of hydrogen-bond acceptors (Lipinski definition) is 6. The number of amides is 1. The molecule has 3 unspecified atom stereocenters. The first-order valence-electron chi connectivity index (χ1n) is 11.2. The predicted molar refractivity (Wildman–Crippen MR) is 116 cm³/mol.